The van der Waals surface area contributed by atoms with Crippen LogP contribution in [-0.4, -0.2) is 66.6 Å². The van der Waals surface area contributed by atoms with Gasteiger partial charge in [0, 0.05) is 50.5 Å². The molecule has 2 saturated heterocycles. The van der Waals surface area contributed by atoms with Crippen molar-refractivity contribution in [2.45, 2.75) is 31.3 Å². The highest BCUT2D eigenvalue weighted by atomic mass is 127. The molecule has 1 N–H and O–H groups in total. The number of benzene rings is 1. The summed E-state index contributed by atoms with van der Waals surface area (Å²) >= 11 is 0. The average molecular weight is 557 g/mol. The topological polar surface area (TPSA) is 63.9 Å². The van der Waals surface area contributed by atoms with Gasteiger partial charge in [-0.05, 0) is 37.5 Å². The number of aromatic nitrogens is 2. The van der Waals surface area contributed by atoms with Crippen LogP contribution in [0.5, 0.6) is 0 Å². The van der Waals surface area contributed by atoms with Gasteiger partial charge in [-0.1, -0.05) is 12.1 Å². The van der Waals surface area contributed by atoms with E-state index in [2.05, 4.69) is 22.2 Å². The van der Waals surface area contributed by atoms with Crippen molar-refractivity contribution in [3.8, 4) is 0 Å². The fourth-order valence-corrected chi connectivity index (χ4v) is 4.41. The van der Waals surface area contributed by atoms with Crippen LogP contribution in [0.4, 0.5) is 4.39 Å². The summed E-state index contributed by atoms with van der Waals surface area (Å²) in [5.41, 5.74) is 2.07. The molecule has 2 aromatic rings. The summed E-state index contributed by atoms with van der Waals surface area (Å²) in [5.74, 6) is 0.685. The number of hydrogen-bond donors (Lipinski definition) is 1. The number of halogens is 2. The minimum Gasteiger partial charge on any atom is -0.381 e. The van der Waals surface area contributed by atoms with Gasteiger partial charge in [0.1, 0.15) is 11.9 Å². The van der Waals surface area contributed by atoms with E-state index in [-0.39, 0.29) is 41.3 Å². The van der Waals surface area contributed by atoms with E-state index in [4.69, 9.17) is 14.5 Å². The predicted octanol–water partition coefficient (Wildman–Crippen LogP) is 3.26. The molecule has 0 aliphatic carbocycles. The summed E-state index contributed by atoms with van der Waals surface area (Å²) in [6.07, 6.45) is 5.60. The van der Waals surface area contributed by atoms with E-state index >= 15 is 0 Å². The van der Waals surface area contributed by atoms with Gasteiger partial charge in [0.25, 0.3) is 0 Å². The third kappa shape index (κ3) is 5.79. The lowest BCUT2D eigenvalue weighted by atomic mass is 9.74. The first-order valence-electron chi connectivity index (χ1n) is 11.1. The number of nitrogens with zero attached hydrogens (tertiary/aromatic N) is 4. The van der Waals surface area contributed by atoms with Crippen LogP contribution in [0.25, 0.3) is 0 Å². The normalized spacial score (nSPS) is 21.2. The smallest absolute Gasteiger partial charge is 0.194 e. The Morgan fingerprint density at radius 2 is 2.00 bits per heavy atom. The van der Waals surface area contributed by atoms with Gasteiger partial charge < -0.3 is 19.7 Å². The first-order chi connectivity index (χ1) is 15.1. The minimum atomic E-state index is -0.211. The van der Waals surface area contributed by atoms with E-state index in [9.17, 15) is 4.39 Å². The molecule has 7 nitrogen and oxygen atoms in total. The molecule has 1 aromatic heterocycles. The fourth-order valence-electron chi connectivity index (χ4n) is 4.41. The molecule has 9 heteroatoms. The molecule has 1 aromatic carbocycles. The van der Waals surface area contributed by atoms with Crippen molar-refractivity contribution in [1.82, 2.24) is 20.0 Å². The van der Waals surface area contributed by atoms with Crippen LogP contribution in [0.2, 0.25) is 0 Å². The third-order valence-corrected chi connectivity index (χ3v) is 6.24. The van der Waals surface area contributed by atoms with E-state index in [0.717, 1.165) is 49.6 Å². The maximum Gasteiger partial charge on any atom is 0.194 e. The van der Waals surface area contributed by atoms with Gasteiger partial charge in [-0.2, -0.15) is 5.10 Å². The summed E-state index contributed by atoms with van der Waals surface area (Å²) in [6.45, 7) is 7.06. The minimum absolute atomic E-state index is 0. The molecule has 0 spiro atoms. The van der Waals surface area contributed by atoms with Gasteiger partial charge in [-0.3, -0.25) is 9.67 Å². The first kappa shape index (κ1) is 24.9. The lowest BCUT2D eigenvalue weighted by Crippen LogP contribution is -2.49. The van der Waals surface area contributed by atoms with Crippen molar-refractivity contribution in [2.24, 2.45) is 12.0 Å². The predicted molar refractivity (Wildman–Crippen MR) is 133 cm³/mol. The molecule has 0 amide bonds. The lowest BCUT2D eigenvalue weighted by Gasteiger charge is -2.38. The van der Waals surface area contributed by atoms with Gasteiger partial charge in [0.2, 0.25) is 0 Å². The highest BCUT2D eigenvalue weighted by Crippen LogP contribution is 2.35. The van der Waals surface area contributed by atoms with Crippen molar-refractivity contribution in [3.63, 3.8) is 0 Å². The molecule has 0 bridgehead atoms. The lowest BCUT2D eigenvalue weighted by molar-refractivity contribution is -0.00816. The molecular weight excluding hydrogens is 524 g/mol. The van der Waals surface area contributed by atoms with Crippen molar-refractivity contribution in [2.75, 3.05) is 46.0 Å². The second kappa shape index (κ2) is 11.4. The van der Waals surface area contributed by atoms with Crippen LogP contribution in [0.1, 0.15) is 37.0 Å². The Morgan fingerprint density at radius 3 is 2.66 bits per heavy atom. The molecule has 2 aliphatic rings. The second-order valence-electron chi connectivity index (χ2n) is 8.32. The van der Waals surface area contributed by atoms with Gasteiger partial charge >= 0.3 is 0 Å². The molecule has 0 saturated carbocycles. The number of ether oxygens (including phenoxy) is 2. The maximum atomic E-state index is 13.5. The number of guanidine groups is 1. The highest BCUT2D eigenvalue weighted by Gasteiger charge is 2.35. The molecule has 1 unspecified atom stereocenters. The zero-order valence-corrected chi connectivity index (χ0v) is 21.1. The van der Waals surface area contributed by atoms with Crippen molar-refractivity contribution in [1.29, 1.82) is 0 Å². The third-order valence-electron chi connectivity index (χ3n) is 6.24. The van der Waals surface area contributed by atoms with Crippen LogP contribution in [0.15, 0.2) is 41.7 Å². The Labute approximate surface area is 206 Å². The number of aryl methyl sites for hydroxylation is 1. The Morgan fingerprint density at radius 1 is 1.25 bits per heavy atom. The van der Waals surface area contributed by atoms with Gasteiger partial charge in [0.05, 0.1) is 25.9 Å². The summed E-state index contributed by atoms with van der Waals surface area (Å²) in [6, 6.07) is 6.89. The van der Waals surface area contributed by atoms with Gasteiger partial charge in [-0.15, -0.1) is 24.0 Å². The summed E-state index contributed by atoms with van der Waals surface area (Å²) in [5, 5.41) is 7.73. The van der Waals surface area contributed by atoms with E-state index in [0.29, 0.717) is 26.4 Å². The number of nitrogens with one attached hydrogen (secondary N) is 1. The molecule has 2 aliphatic heterocycles. The molecule has 3 heterocycles. The molecule has 4 rings (SSSR count). The van der Waals surface area contributed by atoms with E-state index in [1.54, 1.807) is 16.8 Å². The monoisotopic (exact) mass is 557 g/mol. The van der Waals surface area contributed by atoms with Crippen molar-refractivity contribution < 1.29 is 13.9 Å². The SMILES string of the molecule is CCNC(=NCC1(c2ccc(F)cc2)CCOCC1)N1CCOC(c2cnn(C)c2)C1.I. The van der Waals surface area contributed by atoms with Crippen LogP contribution < -0.4 is 5.32 Å². The zero-order chi connectivity index (χ0) is 21.7. The van der Waals surface area contributed by atoms with Gasteiger partial charge in [-0.25, -0.2) is 4.39 Å². The maximum absolute atomic E-state index is 13.5. The number of hydrogen-bond acceptors (Lipinski definition) is 4. The highest BCUT2D eigenvalue weighted by molar-refractivity contribution is 14.0. The summed E-state index contributed by atoms with van der Waals surface area (Å²) in [4.78, 5) is 7.34. The molecule has 176 valence electrons. The standard InChI is InChI=1S/C23H32FN5O2.HI/c1-3-25-22(29-10-13-31-21(16-29)18-14-27-28(2)15-18)26-17-23(8-11-30-12-9-23)19-4-6-20(24)7-5-19;/h4-7,14-15,21H,3,8-13,16-17H2,1-2H3,(H,25,26);1H. The quantitative estimate of drug-likeness (QED) is 0.348. The zero-order valence-electron chi connectivity index (χ0n) is 18.8. The summed E-state index contributed by atoms with van der Waals surface area (Å²) in [7, 11) is 1.92. The Balaban J connectivity index is 0.00000289. The number of rotatable bonds is 5. The van der Waals surface area contributed by atoms with Crippen LogP contribution in [0.3, 0.4) is 0 Å². The van der Waals surface area contributed by atoms with Crippen LogP contribution in [0, 0.1) is 5.82 Å². The van der Waals surface area contributed by atoms with Crippen molar-refractivity contribution in [3.05, 3.63) is 53.6 Å². The second-order valence-corrected chi connectivity index (χ2v) is 8.32. The molecule has 32 heavy (non-hydrogen) atoms. The number of morpholine rings is 1. The first-order valence-corrected chi connectivity index (χ1v) is 11.1. The molecular formula is C23H33FIN5O2. The van der Waals surface area contributed by atoms with E-state index < -0.39 is 0 Å². The number of aliphatic imine (C=N–C) groups is 1. The average Bonchev–Trinajstić information content (AvgIpc) is 3.24. The molecule has 1 atom stereocenters. The Hall–Kier alpha value is -1.72. The molecule has 0 radical (unpaired) electrons. The fraction of sp³-hybridized carbons (Fsp3) is 0.565. The van der Waals surface area contributed by atoms with Crippen LogP contribution >= 0.6 is 24.0 Å². The van der Waals surface area contributed by atoms with E-state index in [1.807, 2.05) is 31.6 Å². The Bertz CT molecular complexity index is 883. The molecule has 2 fully saturated rings. The van der Waals surface area contributed by atoms with Gasteiger partial charge in [0.15, 0.2) is 5.96 Å². The van der Waals surface area contributed by atoms with Crippen LogP contribution in [-0.2, 0) is 21.9 Å². The van der Waals surface area contributed by atoms with Crippen molar-refractivity contribution >= 4 is 29.9 Å². The Kier molecular flexibility index (Phi) is 8.89. The van der Waals surface area contributed by atoms with E-state index in [1.165, 1.54) is 0 Å². The largest absolute Gasteiger partial charge is 0.381 e. The summed E-state index contributed by atoms with van der Waals surface area (Å²) < 4.78 is 27.0.